The van der Waals surface area contributed by atoms with Gasteiger partial charge in [-0.05, 0) is 30.7 Å². The molecule has 4 aliphatic rings. The molecule has 3 fully saturated rings. The lowest BCUT2D eigenvalue weighted by molar-refractivity contribution is -0.161. The summed E-state index contributed by atoms with van der Waals surface area (Å²) in [5.74, 6) is 2.51. The van der Waals surface area contributed by atoms with Gasteiger partial charge in [0.1, 0.15) is 5.82 Å². The van der Waals surface area contributed by atoms with E-state index >= 15 is 0 Å². The maximum absolute atomic E-state index is 12.8. The number of nitrogens with zero attached hydrogens (tertiary/aromatic N) is 9. The summed E-state index contributed by atoms with van der Waals surface area (Å²) in [7, 11) is 0. The van der Waals surface area contributed by atoms with Crippen molar-refractivity contribution in [3.8, 4) is 5.69 Å². The molecule has 9 nitrogen and oxygen atoms in total. The Kier molecular flexibility index (Phi) is 5.41. The first kappa shape index (κ1) is 24.1. The van der Waals surface area contributed by atoms with Crippen molar-refractivity contribution in [2.75, 3.05) is 55.6 Å². The van der Waals surface area contributed by atoms with Gasteiger partial charge in [-0.25, -0.2) is 4.98 Å². The second-order valence-electron chi connectivity index (χ2n) is 11.1. The van der Waals surface area contributed by atoms with Crippen LogP contribution in [-0.4, -0.2) is 92.6 Å². The molecule has 0 atom stereocenters. The molecular formula is C25H27ClF3N9. The van der Waals surface area contributed by atoms with Crippen molar-refractivity contribution in [1.82, 2.24) is 34.5 Å². The highest BCUT2D eigenvalue weighted by Gasteiger charge is 2.53. The fraction of sp³-hybridized carbons (Fsp3) is 0.520. The third kappa shape index (κ3) is 4.18. The van der Waals surface area contributed by atoms with Gasteiger partial charge in [0.25, 0.3) is 0 Å². The molecule has 0 unspecified atom stereocenters. The molecule has 2 aromatic heterocycles. The number of fused-ring (bicyclic) bond motifs is 3. The van der Waals surface area contributed by atoms with Gasteiger partial charge in [-0.2, -0.15) is 13.2 Å². The number of hydrogen-bond donors (Lipinski definition) is 0. The van der Waals surface area contributed by atoms with Gasteiger partial charge in [-0.15, -0.1) is 10.2 Å². The molecule has 4 aliphatic heterocycles. The number of aryl methyl sites for hydroxylation is 1. The van der Waals surface area contributed by atoms with Crippen LogP contribution in [0, 0.1) is 12.3 Å². The molecular weight excluding hydrogens is 519 g/mol. The average Bonchev–Trinajstić information content (AvgIpc) is 3.09. The number of rotatable bonds is 4. The van der Waals surface area contributed by atoms with Crippen molar-refractivity contribution in [2.24, 2.45) is 5.41 Å². The summed E-state index contributed by atoms with van der Waals surface area (Å²) in [6.45, 7) is 6.57. The van der Waals surface area contributed by atoms with Crippen LogP contribution >= 0.6 is 11.6 Å². The molecule has 38 heavy (non-hydrogen) atoms. The van der Waals surface area contributed by atoms with Gasteiger partial charge in [-0.3, -0.25) is 19.4 Å². The minimum atomic E-state index is -4.18. The molecule has 6 heterocycles. The predicted molar refractivity (Wildman–Crippen MR) is 136 cm³/mol. The highest BCUT2D eigenvalue weighted by atomic mass is 35.5. The standard InChI is InChI=1S/C25H27ClF3N9/c1-16-5-30-6-21(31-16)36-11-24(12-36)13-37(14-24)23-33-32-22-10-35(19-8-34(9-19)15-25(27,28)29)7-17-4-18(26)2-3-20(17)38(22)23/h2-6,19H,7-15H2,1H3. The Bertz CT molecular complexity index is 1370. The number of aromatic nitrogens is 5. The SMILES string of the molecule is Cc1cncc(N2CC3(C2)CN(c2nnc4n2-c2ccc(Cl)cc2CN(C2CN(CC(F)(F)F)C2)C4)C3)n1. The third-order valence-electron chi connectivity index (χ3n) is 8.02. The summed E-state index contributed by atoms with van der Waals surface area (Å²) in [4.78, 5) is 17.0. The number of anilines is 2. The van der Waals surface area contributed by atoms with Crippen molar-refractivity contribution in [3.05, 3.63) is 52.7 Å². The monoisotopic (exact) mass is 545 g/mol. The number of likely N-dealkylation sites (tertiary alicyclic amines) is 1. The van der Waals surface area contributed by atoms with Crippen LogP contribution in [0.15, 0.2) is 30.6 Å². The second kappa shape index (κ2) is 8.52. The van der Waals surface area contributed by atoms with E-state index < -0.39 is 12.7 Å². The Morgan fingerprint density at radius 1 is 1.03 bits per heavy atom. The number of alkyl halides is 3. The lowest BCUT2D eigenvalue weighted by Crippen LogP contribution is -2.73. The van der Waals surface area contributed by atoms with E-state index in [1.807, 2.05) is 31.3 Å². The molecule has 3 aromatic rings. The molecule has 1 spiro atoms. The molecule has 3 saturated heterocycles. The van der Waals surface area contributed by atoms with Gasteiger partial charge in [0.15, 0.2) is 5.82 Å². The molecule has 0 N–H and O–H groups in total. The van der Waals surface area contributed by atoms with E-state index in [1.54, 1.807) is 6.20 Å². The number of halogens is 4. The third-order valence-corrected chi connectivity index (χ3v) is 8.26. The molecule has 0 amide bonds. The molecule has 0 radical (unpaired) electrons. The predicted octanol–water partition coefficient (Wildman–Crippen LogP) is 2.91. The highest BCUT2D eigenvalue weighted by molar-refractivity contribution is 6.30. The average molecular weight is 546 g/mol. The summed E-state index contributed by atoms with van der Waals surface area (Å²) in [6.07, 6.45) is -0.609. The lowest BCUT2D eigenvalue weighted by atomic mass is 9.73. The Balaban J connectivity index is 1.09. The summed E-state index contributed by atoms with van der Waals surface area (Å²) < 4.78 is 40.6. The molecule has 7 rings (SSSR count). The highest BCUT2D eigenvalue weighted by Crippen LogP contribution is 2.44. The van der Waals surface area contributed by atoms with E-state index in [-0.39, 0.29) is 11.5 Å². The van der Waals surface area contributed by atoms with Crippen LogP contribution in [0.5, 0.6) is 0 Å². The second-order valence-corrected chi connectivity index (χ2v) is 11.6. The largest absolute Gasteiger partial charge is 0.401 e. The van der Waals surface area contributed by atoms with Crippen molar-refractivity contribution in [3.63, 3.8) is 0 Å². The van der Waals surface area contributed by atoms with Gasteiger partial charge in [0.05, 0.1) is 30.7 Å². The fourth-order valence-corrected chi connectivity index (χ4v) is 6.46. The van der Waals surface area contributed by atoms with Gasteiger partial charge in [0, 0.05) is 68.5 Å². The van der Waals surface area contributed by atoms with Crippen LogP contribution < -0.4 is 9.80 Å². The summed E-state index contributed by atoms with van der Waals surface area (Å²) in [6, 6.07) is 5.82. The van der Waals surface area contributed by atoms with Crippen LogP contribution in [0.25, 0.3) is 5.69 Å². The van der Waals surface area contributed by atoms with Crippen LogP contribution in [0.4, 0.5) is 24.9 Å². The normalized spacial score (nSPS) is 21.4. The maximum atomic E-state index is 12.8. The first-order valence-electron chi connectivity index (χ1n) is 12.7. The van der Waals surface area contributed by atoms with E-state index in [0.717, 1.165) is 60.7 Å². The summed E-state index contributed by atoms with van der Waals surface area (Å²) >= 11 is 6.36. The fourth-order valence-electron chi connectivity index (χ4n) is 6.26. The van der Waals surface area contributed by atoms with Crippen molar-refractivity contribution in [2.45, 2.75) is 32.2 Å². The van der Waals surface area contributed by atoms with Gasteiger partial charge >= 0.3 is 6.18 Å². The Morgan fingerprint density at radius 2 is 1.79 bits per heavy atom. The minimum Gasteiger partial charge on any atom is -0.354 e. The molecule has 0 aliphatic carbocycles. The first-order valence-corrected chi connectivity index (χ1v) is 13.1. The van der Waals surface area contributed by atoms with E-state index in [2.05, 4.69) is 39.4 Å². The molecule has 200 valence electrons. The van der Waals surface area contributed by atoms with Crippen molar-refractivity contribution in [1.29, 1.82) is 0 Å². The Hall–Kier alpha value is -2.96. The van der Waals surface area contributed by atoms with Gasteiger partial charge in [0.2, 0.25) is 5.95 Å². The zero-order valence-electron chi connectivity index (χ0n) is 20.9. The first-order chi connectivity index (χ1) is 18.1. The quantitative estimate of drug-likeness (QED) is 0.496. The molecule has 0 bridgehead atoms. The zero-order chi connectivity index (χ0) is 26.2. The number of benzene rings is 1. The van der Waals surface area contributed by atoms with Crippen molar-refractivity contribution >= 4 is 23.4 Å². The van der Waals surface area contributed by atoms with Crippen LogP contribution in [0.3, 0.4) is 0 Å². The topological polar surface area (TPSA) is 69.5 Å². The Morgan fingerprint density at radius 3 is 2.53 bits per heavy atom. The van der Waals surface area contributed by atoms with Gasteiger partial charge < -0.3 is 9.80 Å². The van der Waals surface area contributed by atoms with Gasteiger partial charge in [-0.1, -0.05) is 11.6 Å². The van der Waals surface area contributed by atoms with E-state index in [1.165, 1.54) is 4.90 Å². The molecule has 13 heteroatoms. The van der Waals surface area contributed by atoms with Crippen LogP contribution in [0.2, 0.25) is 5.02 Å². The molecule has 0 saturated carbocycles. The zero-order valence-corrected chi connectivity index (χ0v) is 21.6. The minimum absolute atomic E-state index is 0.0221. The van der Waals surface area contributed by atoms with Crippen molar-refractivity contribution < 1.29 is 13.2 Å². The van der Waals surface area contributed by atoms with E-state index in [4.69, 9.17) is 11.6 Å². The van der Waals surface area contributed by atoms with E-state index in [9.17, 15) is 13.2 Å². The van der Waals surface area contributed by atoms with Crippen LogP contribution in [0.1, 0.15) is 17.1 Å². The summed E-state index contributed by atoms with van der Waals surface area (Å²) in [5, 5.41) is 9.76. The molecule has 1 aromatic carbocycles. The summed E-state index contributed by atoms with van der Waals surface area (Å²) in [5.41, 5.74) is 3.11. The Labute approximate surface area is 222 Å². The van der Waals surface area contributed by atoms with Crippen LogP contribution in [-0.2, 0) is 13.1 Å². The lowest BCUT2D eigenvalue weighted by Gasteiger charge is -2.60. The maximum Gasteiger partial charge on any atom is 0.401 e. The smallest absolute Gasteiger partial charge is 0.354 e. The van der Waals surface area contributed by atoms with E-state index in [0.29, 0.717) is 31.2 Å². The number of hydrogen-bond acceptors (Lipinski definition) is 8.